The van der Waals surface area contributed by atoms with E-state index in [0.29, 0.717) is 36.9 Å². The summed E-state index contributed by atoms with van der Waals surface area (Å²) in [6, 6.07) is 11.8. The van der Waals surface area contributed by atoms with Gasteiger partial charge in [0.05, 0.1) is 6.54 Å². The lowest BCUT2D eigenvalue weighted by atomic mass is 10.2. The first-order valence-corrected chi connectivity index (χ1v) is 9.00. The quantitative estimate of drug-likeness (QED) is 0.758. The fourth-order valence-corrected chi connectivity index (χ4v) is 2.93. The van der Waals surface area contributed by atoms with Crippen LogP contribution in [-0.4, -0.2) is 36.9 Å². The van der Waals surface area contributed by atoms with Crippen LogP contribution in [0.5, 0.6) is 17.2 Å². The molecule has 1 heterocycles. The Morgan fingerprint density at radius 2 is 1.93 bits per heavy atom. The highest BCUT2D eigenvalue weighted by molar-refractivity contribution is 5.74. The first-order valence-electron chi connectivity index (χ1n) is 9.00. The standard InChI is InChI=1S/C20H21FN2O4/c21-15-3-1-14(2-4-15)12-23(16-5-6-16)20(24)22-9-10-25-17-7-8-18-19(11-17)27-13-26-18/h1-4,7-8,11,16H,5-6,9-10,12-13H2,(H,22,24). The number of carbonyl (C=O) groups excluding carboxylic acids is 1. The van der Waals surface area contributed by atoms with Gasteiger partial charge >= 0.3 is 6.03 Å². The number of nitrogens with one attached hydrogen (secondary N) is 1. The summed E-state index contributed by atoms with van der Waals surface area (Å²) in [5, 5.41) is 2.89. The van der Waals surface area contributed by atoms with E-state index >= 15 is 0 Å². The van der Waals surface area contributed by atoms with Crippen LogP contribution in [0.15, 0.2) is 42.5 Å². The highest BCUT2D eigenvalue weighted by Crippen LogP contribution is 2.35. The Balaban J connectivity index is 1.25. The minimum atomic E-state index is -0.276. The molecule has 1 N–H and O–H groups in total. The molecule has 0 saturated heterocycles. The van der Waals surface area contributed by atoms with Crippen molar-refractivity contribution in [2.45, 2.75) is 25.4 Å². The van der Waals surface area contributed by atoms with Crippen molar-refractivity contribution in [1.82, 2.24) is 10.2 Å². The number of hydrogen-bond acceptors (Lipinski definition) is 4. The summed E-state index contributed by atoms with van der Waals surface area (Å²) in [7, 11) is 0. The van der Waals surface area contributed by atoms with Crippen LogP contribution in [0, 0.1) is 5.82 Å². The molecule has 1 aliphatic carbocycles. The van der Waals surface area contributed by atoms with E-state index in [2.05, 4.69) is 5.32 Å². The second kappa shape index (κ2) is 7.73. The van der Waals surface area contributed by atoms with Gasteiger partial charge in [0.25, 0.3) is 0 Å². The Hall–Kier alpha value is -2.96. The van der Waals surface area contributed by atoms with Crippen molar-refractivity contribution < 1.29 is 23.4 Å². The SMILES string of the molecule is O=C(NCCOc1ccc2c(c1)OCO2)N(Cc1ccc(F)cc1)C1CC1. The van der Waals surface area contributed by atoms with E-state index in [1.165, 1.54) is 12.1 Å². The third-order valence-electron chi connectivity index (χ3n) is 4.51. The van der Waals surface area contributed by atoms with Gasteiger partial charge in [0.15, 0.2) is 11.5 Å². The molecule has 0 radical (unpaired) electrons. The average molecular weight is 372 g/mol. The van der Waals surface area contributed by atoms with Gasteiger partial charge < -0.3 is 24.4 Å². The van der Waals surface area contributed by atoms with Crippen molar-refractivity contribution in [3.63, 3.8) is 0 Å². The van der Waals surface area contributed by atoms with Crippen molar-refractivity contribution in [3.05, 3.63) is 53.8 Å². The molecule has 1 fully saturated rings. The van der Waals surface area contributed by atoms with E-state index < -0.39 is 0 Å². The van der Waals surface area contributed by atoms with E-state index in [-0.39, 0.29) is 24.7 Å². The number of halogens is 1. The molecular weight excluding hydrogens is 351 g/mol. The molecule has 0 atom stereocenters. The lowest BCUT2D eigenvalue weighted by Crippen LogP contribution is -2.42. The predicted octanol–water partition coefficient (Wildman–Crippen LogP) is 3.31. The number of hydrogen-bond donors (Lipinski definition) is 1. The zero-order chi connectivity index (χ0) is 18.6. The Bertz CT molecular complexity index is 808. The van der Waals surface area contributed by atoms with Gasteiger partial charge in [-0.3, -0.25) is 0 Å². The second-order valence-corrected chi connectivity index (χ2v) is 6.58. The molecule has 2 amide bonds. The fraction of sp³-hybridized carbons (Fsp3) is 0.350. The Kier molecular flexibility index (Phi) is 5.00. The summed E-state index contributed by atoms with van der Waals surface area (Å²) in [4.78, 5) is 14.3. The smallest absolute Gasteiger partial charge is 0.318 e. The fourth-order valence-electron chi connectivity index (χ4n) is 2.93. The van der Waals surface area contributed by atoms with E-state index in [0.717, 1.165) is 18.4 Å². The largest absolute Gasteiger partial charge is 0.492 e. The first kappa shape index (κ1) is 17.5. The molecule has 0 bridgehead atoms. The number of carbonyl (C=O) groups is 1. The normalized spacial score (nSPS) is 14.7. The van der Waals surface area contributed by atoms with Gasteiger partial charge in [-0.25, -0.2) is 9.18 Å². The molecule has 0 spiro atoms. The lowest BCUT2D eigenvalue weighted by Gasteiger charge is -2.23. The number of urea groups is 1. The van der Waals surface area contributed by atoms with Crippen LogP contribution in [0.3, 0.4) is 0 Å². The summed E-state index contributed by atoms with van der Waals surface area (Å²) >= 11 is 0. The summed E-state index contributed by atoms with van der Waals surface area (Å²) in [6.45, 7) is 1.43. The van der Waals surface area contributed by atoms with Crippen molar-refractivity contribution in [1.29, 1.82) is 0 Å². The van der Waals surface area contributed by atoms with Crippen molar-refractivity contribution >= 4 is 6.03 Å². The van der Waals surface area contributed by atoms with Crippen molar-refractivity contribution in [3.8, 4) is 17.2 Å². The molecule has 0 aromatic heterocycles. The minimum absolute atomic E-state index is 0.129. The highest BCUT2D eigenvalue weighted by atomic mass is 19.1. The molecule has 1 aliphatic heterocycles. The van der Waals surface area contributed by atoms with Gasteiger partial charge in [-0.1, -0.05) is 12.1 Å². The Morgan fingerprint density at radius 1 is 1.15 bits per heavy atom. The summed E-state index contributed by atoms with van der Waals surface area (Å²) in [5.41, 5.74) is 0.912. The van der Waals surface area contributed by atoms with Crippen LogP contribution in [-0.2, 0) is 6.54 Å². The monoisotopic (exact) mass is 372 g/mol. The lowest BCUT2D eigenvalue weighted by molar-refractivity contribution is 0.173. The van der Waals surface area contributed by atoms with E-state index in [4.69, 9.17) is 14.2 Å². The van der Waals surface area contributed by atoms with Crippen LogP contribution >= 0.6 is 0 Å². The highest BCUT2D eigenvalue weighted by Gasteiger charge is 2.32. The zero-order valence-corrected chi connectivity index (χ0v) is 14.8. The number of fused-ring (bicyclic) bond motifs is 1. The molecule has 2 aromatic rings. The minimum Gasteiger partial charge on any atom is -0.492 e. The average Bonchev–Trinajstić information content (AvgIpc) is 3.41. The van der Waals surface area contributed by atoms with Crippen LogP contribution in [0.2, 0.25) is 0 Å². The summed E-state index contributed by atoms with van der Waals surface area (Å²) in [6.07, 6.45) is 2.00. The molecule has 142 valence electrons. The molecule has 0 unspecified atom stereocenters. The number of rotatable bonds is 7. The number of benzene rings is 2. The van der Waals surface area contributed by atoms with E-state index in [1.807, 2.05) is 0 Å². The number of ether oxygens (including phenoxy) is 3. The maximum Gasteiger partial charge on any atom is 0.318 e. The summed E-state index contributed by atoms with van der Waals surface area (Å²) in [5.74, 6) is 1.76. The Labute approximate surface area is 156 Å². The van der Waals surface area contributed by atoms with Gasteiger partial charge in [0.2, 0.25) is 6.79 Å². The van der Waals surface area contributed by atoms with E-state index in [1.54, 1.807) is 35.2 Å². The second-order valence-electron chi connectivity index (χ2n) is 6.58. The van der Waals surface area contributed by atoms with Crippen LogP contribution in [0.1, 0.15) is 18.4 Å². The first-order chi connectivity index (χ1) is 13.2. The molecule has 6 nitrogen and oxygen atoms in total. The van der Waals surface area contributed by atoms with Gasteiger partial charge in [0, 0.05) is 18.7 Å². The third-order valence-corrected chi connectivity index (χ3v) is 4.51. The molecule has 4 rings (SSSR count). The number of nitrogens with zero attached hydrogens (tertiary/aromatic N) is 1. The van der Waals surface area contributed by atoms with Gasteiger partial charge in [-0.2, -0.15) is 0 Å². The predicted molar refractivity (Wildman–Crippen MR) is 96.4 cm³/mol. The van der Waals surface area contributed by atoms with Crippen molar-refractivity contribution in [2.75, 3.05) is 19.9 Å². The third kappa shape index (κ3) is 4.42. The molecule has 1 saturated carbocycles. The number of amides is 2. The van der Waals surface area contributed by atoms with Crippen LogP contribution in [0.25, 0.3) is 0 Å². The maximum absolute atomic E-state index is 13.1. The maximum atomic E-state index is 13.1. The van der Waals surface area contributed by atoms with Gasteiger partial charge in [0.1, 0.15) is 18.2 Å². The van der Waals surface area contributed by atoms with E-state index in [9.17, 15) is 9.18 Å². The van der Waals surface area contributed by atoms with Gasteiger partial charge in [-0.15, -0.1) is 0 Å². The molecule has 27 heavy (non-hydrogen) atoms. The van der Waals surface area contributed by atoms with Gasteiger partial charge in [-0.05, 0) is 42.7 Å². The summed E-state index contributed by atoms with van der Waals surface area (Å²) < 4.78 is 29.3. The molecule has 7 heteroatoms. The van der Waals surface area contributed by atoms with Crippen LogP contribution in [0.4, 0.5) is 9.18 Å². The van der Waals surface area contributed by atoms with Crippen LogP contribution < -0.4 is 19.5 Å². The molecular formula is C20H21FN2O4. The van der Waals surface area contributed by atoms with Crippen molar-refractivity contribution in [2.24, 2.45) is 0 Å². The zero-order valence-electron chi connectivity index (χ0n) is 14.8. The molecule has 2 aromatic carbocycles. The molecule has 2 aliphatic rings. The Morgan fingerprint density at radius 3 is 2.70 bits per heavy atom. The topological polar surface area (TPSA) is 60.0 Å².